The molecular weight excluding hydrogens is 326 g/mol. The van der Waals surface area contributed by atoms with Gasteiger partial charge in [0.05, 0.1) is 4.92 Å². The third kappa shape index (κ3) is 4.48. The van der Waals surface area contributed by atoms with Gasteiger partial charge >= 0.3 is 0 Å². The standard InChI is InChI=1S/C17H25N3O3S/c1-17(2,19-9-5-4-6-10-19)12-18-16(21)14-11-13(24-3)7-8-15(14)20(22)23/h7-8,11H,4-6,9-10,12H2,1-3H3,(H,18,21). The van der Waals surface area contributed by atoms with E-state index in [1.807, 2.05) is 6.26 Å². The molecule has 6 nitrogen and oxygen atoms in total. The molecule has 2 rings (SSSR count). The van der Waals surface area contributed by atoms with Crippen molar-refractivity contribution < 1.29 is 9.72 Å². The van der Waals surface area contributed by atoms with E-state index >= 15 is 0 Å². The predicted octanol–water partition coefficient (Wildman–Crippen LogP) is 3.31. The van der Waals surface area contributed by atoms with Gasteiger partial charge in [0.1, 0.15) is 5.56 Å². The molecule has 1 saturated heterocycles. The summed E-state index contributed by atoms with van der Waals surface area (Å²) in [6.45, 7) is 6.74. The molecule has 0 atom stereocenters. The number of hydrogen-bond donors (Lipinski definition) is 1. The van der Waals surface area contributed by atoms with E-state index in [9.17, 15) is 14.9 Å². The lowest BCUT2D eigenvalue weighted by Gasteiger charge is -2.41. The first kappa shape index (κ1) is 18.7. The number of amides is 1. The highest BCUT2D eigenvalue weighted by atomic mass is 32.2. The van der Waals surface area contributed by atoms with Crippen LogP contribution in [-0.2, 0) is 0 Å². The maximum atomic E-state index is 12.5. The van der Waals surface area contributed by atoms with Gasteiger partial charge in [-0.25, -0.2) is 0 Å². The van der Waals surface area contributed by atoms with Crippen molar-refractivity contribution in [3.05, 3.63) is 33.9 Å². The summed E-state index contributed by atoms with van der Waals surface area (Å²) in [6, 6.07) is 4.65. The van der Waals surface area contributed by atoms with Crippen LogP contribution in [0.2, 0.25) is 0 Å². The number of nitro benzene ring substituents is 1. The monoisotopic (exact) mass is 351 g/mol. The smallest absolute Gasteiger partial charge is 0.282 e. The van der Waals surface area contributed by atoms with Crippen molar-refractivity contribution >= 4 is 23.4 Å². The molecule has 0 saturated carbocycles. The molecule has 0 unspecified atom stereocenters. The molecule has 0 aliphatic carbocycles. The van der Waals surface area contributed by atoms with Gasteiger partial charge in [0.2, 0.25) is 0 Å². The molecule has 0 aromatic heterocycles. The van der Waals surface area contributed by atoms with Gasteiger partial charge in [-0.3, -0.25) is 19.8 Å². The average molecular weight is 351 g/mol. The summed E-state index contributed by atoms with van der Waals surface area (Å²) in [5, 5.41) is 14.1. The summed E-state index contributed by atoms with van der Waals surface area (Å²) in [6.07, 6.45) is 5.49. The minimum Gasteiger partial charge on any atom is -0.350 e. The second kappa shape index (κ2) is 7.98. The normalized spacial score (nSPS) is 16.0. The van der Waals surface area contributed by atoms with E-state index in [1.165, 1.54) is 37.1 Å². The molecule has 7 heteroatoms. The van der Waals surface area contributed by atoms with Crippen molar-refractivity contribution in [3.8, 4) is 0 Å². The molecule has 24 heavy (non-hydrogen) atoms. The number of nitrogens with zero attached hydrogens (tertiary/aromatic N) is 2. The van der Waals surface area contributed by atoms with Crippen molar-refractivity contribution in [2.45, 2.75) is 43.5 Å². The predicted molar refractivity (Wildman–Crippen MR) is 96.7 cm³/mol. The zero-order valence-electron chi connectivity index (χ0n) is 14.5. The Morgan fingerprint density at radius 1 is 1.33 bits per heavy atom. The Labute approximate surface area is 147 Å². The SMILES string of the molecule is CSc1ccc([N+](=O)[O-])c(C(=O)NCC(C)(C)N2CCCCC2)c1. The summed E-state index contributed by atoms with van der Waals surface area (Å²) in [5.74, 6) is -0.386. The molecule has 1 amide bonds. The Bertz CT molecular complexity index is 613. The van der Waals surface area contributed by atoms with E-state index in [4.69, 9.17) is 0 Å². The lowest BCUT2D eigenvalue weighted by atomic mass is 9.98. The van der Waals surface area contributed by atoms with E-state index in [1.54, 1.807) is 12.1 Å². The fourth-order valence-electron chi connectivity index (χ4n) is 2.99. The number of carbonyl (C=O) groups excluding carboxylic acids is 1. The molecule has 1 aliphatic heterocycles. The number of nitrogens with one attached hydrogen (secondary N) is 1. The molecule has 1 heterocycles. The van der Waals surface area contributed by atoms with E-state index in [2.05, 4.69) is 24.1 Å². The Balaban J connectivity index is 2.10. The second-order valence-electron chi connectivity index (χ2n) is 6.68. The topological polar surface area (TPSA) is 75.5 Å². The van der Waals surface area contributed by atoms with Crippen molar-refractivity contribution in [3.63, 3.8) is 0 Å². The molecule has 0 spiro atoms. The molecule has 1 fully saturated rings. The van der Waals surface area contributed by atoms with Gasteiger partial charge in [0, 0.05) is 23.0 Å². The highest BCUT2D eigenvalue weighted by Gasteiger charge is 2.29. The lowest BCUT2D eigenvalue weighted by Crippen LogP contribution is -2.53. The minimum atomic E-state index is -0.505. The van der Waals surface area contributed by atoms with Gasteiger partial charge < -0.3 is 5.32 Å². The number of thioether (sulfide) groups is 1. The second-order valence-corrected chi connectivity index (χ2v) is 7.56. The molecule has 0 radical (unpaired) electrons. The molecule has 1 aromatic rings. The van der Waals surface area contributed by atoms with E-state index in [-0.39, 0.29) is 22.7 Å². The third-order valence-electron chi connectivity index (χ3n) is 4.54. The quantitative estimate of drug-likeness (QED) is 0.483. The number of rotatable bonds is 6. The summed E-state index contributed by atoms with van der Waals surface area (Å²) in [5.41, 5.74) is -0.190. The van der Waals surface area contributed by atoms with Gasteiger partial charge in [-0.05, 0) is 58.2 Å². The van der Waals surface area contributed by atoms with Gasteiger partial charge in [-0.15, -0.1) is 11.8 Å². The third-order valence-corrected chi connectivity index (χ3v) is 5.26. The Morgan fingerprint density at radius 2 is 2.00 bits per heavy atom. The highest BCUT2D eigenvalue weighted by Crippen LogP contribution is 2.25. The number of hydrogen-bond acceptors (Lipinski definition) is 5. The van der Waals surface area contributed by atoms with Crippen LogP contribution in [0.3, 0.4) is 0 Å². The Hall–Kier alpha value is -1.60. The van der Waals surface area contributed by atoms with Crippen LogP contribution in [0.1, 0.15) is 43.5 Å². The number of carbonyl (C=O) groups is 1. The minimum absolute atomic E-state index is 0.126. The maximum Gasteiger partial charge on any atom is 0.282 e. The van der Waals surface area contributed by atoms with Gasteiger partial charge in [0.15, 0.2) is 0 Å². The molecule has 1 N–H and O–H groups in total. The summed E-state index contributed by atoms with van der Waals surface area (Å²) in [4.78, 5) is 26.4. The highest BCUT2D eigenvalue weighted by molar-refractivity contribution is 7.98. The van der Waals surface area contributed by atoms with Crippen molar-refractivity contribution in [2.75, 3.05) is 25.9 Å². The molecule has 1 aliphatic rings. The Kier molecular flexibility index (Phi) is 6.23. The van der Waals surface area contributed by atoms with E-state index < -0.39 is 4.92 Å². The van der Waals surface area contributed by atoms with E-state index in [0.717, 1.165) is 18.0 Å². The van der Waals surface area contributed by atoms with Crippen LogP contribution < -0.4 is 5.32 Å². The molecular formula is C17H25N3O3S. The van der Waals surface area contributed by atoms with Crippen LogP contribution in [0, 0.1) is 10.1 Å². The fraction of sp³-hybridized carbons (Fsp3) is 0.588. The van der Waals surface area contributed by atoms with Crippen molar-refractivity contribution in [2.24, 2.45) is 0 Å². The first-order valence-electron chi connectivity index (χ1n) is 8.21. The maximum absolute atomic E-state index is 12.5. The van der Waals surface area contributed by atoms with Crippen molar-refractivity contribution in [1.29, 1.82) is 0 Å². The van der Waals surface area contributed by atoms with Gasteiger partial charge in [-0.2, -0.15) is 0 Å². The molecule has 0 bridgehead atoms. The molecule has 132 valence electrons. The van der Waals surface area contributed by atoms with Crippen LogP contribution in [0.15, 0.2) is 23.1 Å². The zero-order valence-corrected chi connectivity index (χ0v) is 15.3. The van der Waals surface area contributed by atoms with Crippen molar-refractivity contribution in [1.82, 2.24) is 10.2 Å². The largest absolute Gasteiger partial charge is 0.350 e. The summed E-state index contributed by atoms with van der Waals surface area (Å²) >= 11 is 1.46. The number of benzene rings is 1. The first-order chi connectivity index (χ1) is 11.3. The lowest BCUT2D eigenvalue weighted by molar-refractivity contribution is -0.385. The van der Waals surface area contributed by atoms with Crippen LogP contribution in [-0.4, -0.2) is 47.2 Å². The average Bonchev–Trinajstić information content (AvgIpc) is 2.59. The number of nitro groups is 1. The van der Waals surface area contributed by atoms with Gasteiger partial charge in [0.25, 0.3) is 11.6 Å². The summed E-state index contributed by atoms with van der Waals surface area (Å²) < 4.78 is 0. The Morgan fingerprint density at radius 3 is 2.58 bits per heavy atom. The molecule has 1 aromatic carbocycles. The number of piperidine rings is 1. The van der Waals surface area contributed by atoms with Crippen LogP contribution in [0.25, 0.3) is 0 Å². The number of likely N-dealkylation sites (tertiary alicyclic amines) is 1. The van der Waals surface area contributed by atoms with Crippen LogP contribution >= 0.6 is 11.8 Å². The first-order valence-corrected chi connectivity index (χ1v) is 9.43. The van der Waals surface area contributed by atoms with Gasteiger partial charge in [-0.1, -0.05) is 6.42 Å². The fourth-order valence-corrected chi connectivity index (χ4v) is 3.43. The van der Waals surface area contributed by atoms with E-state index in [0.29, 0.717) is 6.54 Å². The zero-order chi connectivity index (χ0) is 17.7. The van der Waals surface area contributed by atoms with Crippen LogP contribution in [0.4, 0.5) is 5.69 Å². The summed E-state index contributed by atoms with van der Waals surface area (Å²) in [7, 11) is 0. The van der Waals surface area contributed by atoms with Crippen LogP contribution in [0.5, 0.6) is 0 Å².